The van der Waals surface area contributed by atoms with Crippen LogP contribution in [0.4, 0.5) is 0 Å². The Bertz CT molecular complexity index is 1300. The Labute approximate surface area is 200 Å². The van der Waals surface area contributed by atoms with Crippen LogP contribution in [0.15, 0.2) is 51.9 Å². The van der Waals surface area contributed by atoms with E-state index in [4.69, 9.17) is 4.42 Å². The van der Waals surface area contributed by atoms with Gasteiger partial charge < -0.3 is 9.40 Å². The maximum atomic E-state index is 13.1. The minimum atomic E-state index is -0.278. The SMILES string of the molecule is CCc1ccc2[nH]c(=O)c(CN(Cc3ccco3)C(c3nnnn3C(C)(C)C)C(C)C)cc2c1. The number of pyridine rings is 1. The number of benzene rings is 1. The van der Waals surface area contributed by atoms with Gasteiger partial charge in [0, 0.05) is 17.6 Å². The number of aromatic nitrogens is 5. The van der Waals surface area contributed by atoms with Gasteiger partial charge in [0.1, 0.15) is 5.76 Å². The lowest BCUT2D eigenvalue weighted by Crippen LogP contribution is -2.37. The van der Waals surface area contributed by atoms with Crippen LogP contribution in [0.1, 0.15) is 70.3 Å². The zero-order valence-electron chi connectivity index (χ0n) is 20.9. The molecule has 0 radical (unpaired) electrons. The van der Waals surface area contributed by atoms with E-state index >= 15 is 0 Å². The van der Waals surface area contributed by atoms with Gasteiger partial charge in [-0.2, -0.15) is 0 Å². The smallest absolute Gasteiger partial charge is 0.252 e. The molecule has 0 saturated heterocycles. The van der Waals surface area contributed by atoms with Crippen molar-refractivity contribution < 1.29 is 4.42 Å². The Kier molecular flexibility index (Phi) is 6.70. The first kappa shape index (κ1) is 23.9. The van der Waals surface area contributed by atoms with E-state index in [9.17, 15) is 4.79 Å². The van der Waals surface area contributed by atoms with Gasteiger partial charge >= 0.3 is 0 Å². The van der Waals surface area contributed by atoms with Crippen molar-refractivity contribution in [3.8, 4) is 0 Å². The second-order valence-corrected chi connectivity index (χ2v) is 10.2. The molecule has 180 valence electrons. The third-order valence-corrected chi connectivity index (χ3v) is 6.12. The first-order valence-electron chi connectivity index (χ1n) is 11.9. The monoisotopic (exact) mass is 462 g/mol. The van der Waals surface area contributed by atoms with Crippen molar-refractivity contribution in [1.29, 1.82) is 0 Å². The van der Waals surface area contributed by atoms with Crippen molar-refractivity contribution in [2.45, 2.75) is 72.6 Å². The highest BCUT2D eigenvalue weighted by Crippen LogP contribution is 2.32. The van der Waals surface area contributed by atoms with E-state index < -0.39 is 0 Å². The minimum Gasteiger partial charge on any atom is -0.468 e. The molecule has 34 heavy (non-hydrogen) atoms. The summed E-state index contributed by atoms with van der Waals surface area (Å²) in [5, 5.41) is 13.8. The first-order chi connectivity index (χ1) is 16.2. The van der Waals surface area contributed by atoms with Crippen LogP contribution < -0.4 is 5.56 Å². The molecule has 0 spiro atoms. The van der Waals surface area contributed by atoms with E-state index in [1.807, 2.05) is 28.9 Å². The van der Waals surface area contributed by atoms with E-state index in [1.165, 1.54) is 5.56 Å². The van der Waals surface area contributed by atoms with Crippen molar-refractivity contribution in [2.24, 2.45) is 5.92 Å². The number of nitrogens with zero attached hydrogens (tertiary/aromatic N) is 5. The molecule has 0 aliphatic heterocycles. The van der Waals surface area contributed by atoms with E-state index in [2.05, 4.69) is 79.1 Å². The second kappa shape index (κ2) is 9.54. The lowest BCUT2D eigenvalue weighted by atomic mass is 9.98. The molecule has 1 atom stereocenters. The largest absolute Gasteiger partial charge is 0.468 e. The summed E-state index contributed by atoms with van der Waals surface area (Å²) in [6, 6.07) is 11.9. The van der Waals surface area contributed by atoms with Gasteiger partial charge in [-0.3, -0.25) is 9.69 Å². The maximum Gasteiger partial charge on any atom is 0.252 e. The standard InChI is InChI=1S/C26H34N6O2/c1-7-18-10-11-22-19(13-18)14-20(25(33)27-22)15-31(16-21-9-8-12-34-21)23(17(2)3)24-28-29-30-32(24)26(4,5)6/h8-14,17,23H,7,15-16H2,1-6H3,(H,27,33). The Balaban J connectivity index is 1.79. The fraction of sp³-hybridized carbons (Fsp3) is 0.462. The molecule has 0 aliphatic carbocycles. The lowest BCUT2D eigenvalue weighted by Gasteiger charge is -2.34. The number of aryl methyl sites for hydroxylation is 1. The Morgan fingerprint density at radius 1 is 1.15 bits per heavy atom. The summed E-state index contributed by atoms with van der Waals surface area (Å²) in [4.78, 5) is 18.4. The molecule has 0 bridgehead atoms. The maximum absolute atomic E-state index is 13.1. The third kappa shape index (κ3) is 4.97. The number of furan rings is 1. The fourth-order valence-corrected chi connectivity index (χ4v) is 4.45. The predicted molar refractivity (Wildman–Crippen MR) is 132 cm³/mol. The normalized spacial score (nSPS) is 13.3. The van der Waals surface area contributed by atoms with Crippen molar-refractivity contribution >= 4 is 10.9 Å². The van der Waals surface area contributed by atoms with Crippen LogP contribution in [0.3, 0.4) is 0 Å². The average molecular weight is 463 g/mol. The second-order valence-electron chi connectivity index (χ2n) is 10.2. The summed E-state index contributed by atoms with van der Waals surface area (Å²) in [7, 11) is 0. The van der Waals surface area contributed by atoms with Crippen molar-refractivity contribution in [2.75, 3.05) is 0 Å². The summed E-state index contributed by atoms with van der Waals surface area (Å²) in [5.41, 5.74) is 2.43. The molecule has 0 amide bonds. The number of nitrogens with one attached hydrogen (secondary N) is 1. The number of aromatic amines is 1. The molecular weight excluding hydrogens is 428 g/mol. The van der Waals surface area contributed by atoms with E-state index in [1.54, 1.807) is 6.26 Å². The van der Waals surface area contributed by atoms with Gasteiger partial charge in [0.2, 0.25) is 0 Å². The van der Waals surface area contributed by atoms with Crippen LogP contribution in [0, 0.1) is 5.92 Å². The van der Waals surface area contributed by atoms with E-state index in [-0.39, 0.29) is 23.1 Å². The summed E-state index contributed by atoms with van der Waals surface area (Å²) in [6.07, 6.45) is 2.62. The fourth-order valence-electron chi connectivity index (χ4n) is 4.45. The van der Waals surface area contributed by atoms with Crippen LogP contribution in [0.2, 0.25) is 0 Å². The van der Waals surface area contributed by atoms with E-state index in [0.29, 0.717) is 18.7 Å². The molecule has 8 nitrogen and oxygen atoms in total. The summed E-state index contributed by atoms with van der Waals surface area (Å²) in [5.74, 6) is 1.79. The van der Waals surface area contributed by atoms with Gasteiger partial charge in [0.25, 0.3) is 5.56 Å². The average Bonchev–Trinajstić information content (AvgIpc) is 3.46. The summed E-state index contributed by atoms with van der Waals surface area (Å²) >= 11 is 0. The molecule has 1 N–H and O–H groups in total. The molecule has 0 saturated carbocycles. The minimum absolute atomic E-state index is 0.0842. The zero-order valence-corrected chi connectivity index (χ0v) is 20.9. The van der Waals surface area contributed by atoms with Gasteiger partial charge in [-0.05, 0) is 84.8 Å². The van der Waals surface area contributed by atoms with Crippen LogP contribution in [0.25, 0.3) is 10.9 Å². The Hall–Kier alpha value is -3.26. The van der Waals surface area contributed by atoms with Crippen LogP contribution in [-0.4, -0.2) is 30.1 Å². The zero-order chi connectivity index (χ0) is 24.5. The lowest BCUT2D eigenvalue weighted by molar-refractivity contribution is 0.111. The molecule has 1 unspecified atom stereocenters. The summed E-state index contributed by atoms with van der Waals surface area (Å²) < 4.78 is 7.57. The van der Waals surface area contributed by atoms with Crippen LogP contribution in [0.5, 0.6) is 0 Å². The van der Waals surface area contributed by atoms with Crippen molar-refractivity contribution in [1.82, 2.24) is 30.1 Å². The van der Waals surface area contributed by atoms with E-state index in [0.717, 1.165) is 28.9 Å². The molecule has 3 aromatic heterocycles. The summed E-state index contributed by atoms with van der Waals surface area (Å²) in [6.45, 7) is 13.6. The molecule has 4 aromatic rings. The quantitative estimate of drug-likeness (QED) is 0.403. The number of rotatable bonds is 8. The molecule has 4 rings (SSSR count). The topological polar surface area (TPSA) is 92.8 Å². The number of fused-ring (bicyclic) bond motifs is 1. The molecule has 0 fully saturated rings. The number of tetrazole rings is 1. The third-order valence-electron chi connectivity index (χ3n) is 6.12. The number of hydrogen-bond donors (Lipinski definition) is 1. The Morgan fingerprint density at radius 3 is 2.59 bits per heavy atom. The first-order valence-corrected chi connectivity index (χ1v) is 11.9. The van der Waals surface area contributed by atoms with Crippen molar-refractivity contribution in [3.63, 3.8) is 0 Å². The molecular formula is C26H34N6O2. The van der Waals surface area contributed by atoms with Gasteiger partial charge in [-0.1, -0.05) is 26.8 Å². The van der Waals surface area contributed by atoms with Crippen LogP contribution >= 0.6 is 0 Å². The molecule has 1 aromatic carbocycles. The van der Waals surface area contributed by atoms with Gasteiger partial charge in [0.15, 0.2) is 5.82 Å². The highest BCUT2D eigenvalue weighted by molar-refractivity contribution is 5.79. The highest BCUT2D eigenvalue weighted by atomic mass is 16.3. The van der Waals surface area contributed by atoms with Gasteiger partial charge in [0.05, 0.1) is 24.4 Å². The molecule has 3 heterocycles. The Morgan fingerprint density at radius 2 is 1.94 bits per heavy atom. The number of hydrogen-bond acceptors (Lipinski definition) is 6. The van der Waals surface area contributed by atoms with Gasteiger partial charge in [-0.15, -0.1) is 5.10 Å². The van der Waals surface area contributed by atoms with Gasteiger partial charge in [-0.25, -0.2) is 4.68 Å². The number of H-pyrrole nitrogens is 1. The molecule has 0 aliphatic rings. The molecule has 8 heteroatoms. The highest BCUT2D eigenvalue weighted by Gasteiger charge is 2.33. The van der Waals surface area contributed by atoms with Crippen molar-refractivity contribution in [3.05, 3.63) is 75.7 Å². The van der Waals surface area contributed by atoms with Crippen LogP contribution in [-0.2, 0) is 25.0 Å². The predicted octanol–water partition coefficient (Wildman–Crippen LogP) is 4.82.